The van der Waals surface area contributed by atoms with Gasteiger partial charge in [0.05, 0.1) is 25.8 Å². The minimum Gasteiger partial charge on any atom is -0.508 e. The second kappa shape index (κ2) is 17.7. The van der Waals surface area contributed by atoms with Gasteiger partial charge in [-0.15, -0.1) is 23.1 Å². The van der Waals surface area contributed by atoms with Crippen LogP contribution in [0.5, 0.6) is 11.5 Å². The third-order valence-corrected chi connectivity index (χ3v) is 9.20. The van der Waals surface area contributed by atoms with Crippen molar-refractivity contribution < 1.29 is 33.8 Å². The van der Waals surface area contributed by atoms with E-state index in [1.807, 2.05) is 36.4 Å². The van der Waals surface area contributed by atoms with Gasteiger partial charge in [0.25, 0.3) is 11.8 Å². The van der Waals surface area contributed by atoms with Crippen molar-refractivity contribution in [3.05, 3.63) is 137 Å². The van der Waals surface area contributed by atoms with Crippen molar-refractivity contribution in [2.24, 2.45) is 0 Å². The number of hydrogen-bond acceptors (Lipinski definition) is 10. The second-order valence-electron chi connectivity index (χ2n) is 10.8. The molecule has 51 heavy (non-hydrogen) atoms. The van der Waals surface area contributed by atoms with Crippen LogP contribution in [0.2, 0.25) is 0 Å². The number of methoxy groups -OCH3 is 1. The highest BCUT2D eigenvalue weighted by Crippen LogP contribution is 2.37. The number of anilines is 2. The number of ether oxygens (including phenoxy) is 2. The van der Waals surface area contributed by atoms with Crippen LogP contribution in [0.3, 0.4) is 0 Å². The maximum Gasteiger partial charge on any atom is 0.311 e. The van der Waals surface area contributed by atoms with Crippen LogP contribution >= 0.6 is 23.1 Å². The highest BCUT2D eigenvalue weighted by Gasteiger charge is 2.24. The number of rotatable bonds is 14. The number of esters is 1. The highest BCUT2D eigenvalue weighted by atomic mass is 32.2. The van der Waals surface area contributed by atoms with Gasteiger partial charge in [-0.1, -0.05) is 54.6 Å². The van der Waals surface area contributed by atoms with Gasteiger partial charge in [-0.2, -0.15) is 0 Å². The summed E-state index contributed by atoms with van der Waals surface area (Å²) in [4.78, 5) is 57.5. The van der Waals surface area contributed by atoms with Crippen molar-refractivity contribution in [1.29, 1.82) is 0 Å². The van der Waals surface area contributed by atoms with Gasteiger partial charge in [-0.3, -0.25) is 19.2 Å². The molecule has 260 valence electrons. The largest absolute Gasteiger partial charge is 0.508 e. The molecule has 0 fully saturated rings. The molecular weight excluding hydrogens is 689 g/mol. The molecule has 1 heterocycles. The van der Waals surface area contributed by atoms with Gasteiger partial charge in [0.2, 0.25) is 5.91 Å². The summed E-state index contributed by atoms with van der Waals surface area (Å²) in [6, 6.07) is 29.1. The number of amides is 3. The molecule has 0 aliphatic rings. The Bertz CT molecular complexity index is 2030. The van der Waals surface area contributed by atoms with Crippen LogP contribution in [-0.2, 0) is 25.5 Å². The molecule has 13 heteroatoms. The van der Waals surface area contributed by atoms with E-state index in [0.717, 1.165) is 5.56 Å². The molecule has 5 aromatic rings. The molecule has 0 spiro atoms. The number of thiazole rings is 1. The third kappa shape index (κ3) is 10.3. The van der Waals surface area contributed by atoms with E-state index in [1.165, 1.54) is 48.4 Å². The fraction of sp³-hybridized carbons (Fsp3) is 0.132. The Kier molecular flexibility index (Phi) is 12.6. The Morgan fingerprint density at radius 3 is 2.39 bits per heavy atom. The van der Waals surface area contributed by atoms with E-state index in [9.17, 15) is 24.3 Å². The summed E-state index contributed by atoms with van der Waals surface area (Å²) >= 11 is 2.49. The predicted molar refractivity (Wildman–Crippen MR) is 198 cm³/mol. The van der Waals surface area contributed by atoms with Gasteiger partial charge in [-0.25, -0.2) is 4.98 Å². The Morgan fingerprint density at radius 1 is 0.922 bits per heavy atom. The number of thioether (sulfide) groups is 1. The zero-order valence-electron chi connectivity index (χ0n) is 27.6. The number of aromatic nitrogens is 1. The lowest BCUT2D eigenvalue weighted by Gasteiger charge is -2.17. The standard InChI is InChI=1S/C38H34N4O7S2/c1-3-49-33(44)21-28-23-50-38(40-28)42-37(47)34(24-11-6-4-7-12-24)51-30-16-10-15-27(20-30)39-36(46)31(41-35(45)25-13-8-5-9-14-25)19-26-17-18-29(43)22-32(26)48-2/h4-20,22-23,34,43H,3,21H2,1-2H3,(H,39,46)(H,41,45)(H,40,42,47)/b31-19+. The van der Waals surface area contributed by atoms with E-state index in [1.54, 1.807) is 66.9 Å². The van der Waals surface area contributed by atoms with E-state index in [0.29, 0.717) is 38.3 Å². The van der Waals surface area contributed by atoms with E-state index < -0.39 is 23.0 Å². The molecule has 11 nitrogen and oxygen atoms in total. The minimum atomic E-state index is -0.697. The van der Waals surface area contributed by atoms with Crippen LogP contribution in [0.15, 0.2) is 119 Å². The molecule has 1 unspecified atom stereocenters. The third-order valence-electron chi connectivity index (χ3n) is 7.14. The van der Waals surface area contributed by atoms with Crippen LogP contribution in [0.4, 0.5) is 10.8 Å². The van der Waals surface area contributed by atoms with E-state index >= 15 is 0 Å². The summed E-state index contributed by atoms with van der Waals surface area (Å²) in [6.45, 7) is 2.00. The average molecular weight is 723 g/mol. The zero-order chi connectivity index (χ0) is 36.2. The van der Waals surface area contributed by atoms with Gasteiger partial charge in [0.1, 0.15) is 22.4 Å². The Morgan fingerprint density at radius 2 is 1.67 bits per heavy atom. The quantitative estimate of drug-likeness (QED) is 0.0547. The van der Waals surface area contributed by atoms with Crippen LogP contribution < -0.4 is 20.7 Å². The molecule has 4 aromatic carbocycles. The van der Waals surface area contributed by atoms with Crippen LogP contribution in [-0.4, -0.2) is 47.5 Å². The normalized spacial score (nSPS) is 11.6. The highest BCUT2D eigenvalue weighted by molar-refractivity contribution is 8.00. The predicted octanol–water partition coefficient (Wildman–Crippen LogP) is 6.84. The van der Waals surface area contributed by atoms with Gasteiger partial charge in [0.15, 0.2) is 5.13 Å². The summed E-state index contributed by atoms with van der Waals surface area (Å²) in [5, 5.41) is 19.7. The lowest BCUT2D eigenvalue weighted by molar-refractivity contribution is -0.142. The molecule has 5 rings (SSSR count). The monoisotopic (exact) mass is 722 g/mol. The molecule has 1 atom stereocenters. The summed E-state index contributed by atoms with van der Waals surface area (Å²) in [5.41, 5.74) is 2.39. The van der Waals surface area contributed by atoms with Crippen molar-refractivity contribution >= 4 is 63.7 Å². The number of aromatic hydroxyl groups is 1. The molecule has 0 aliphatic carbocycles. The topological polar surface area (TPSA) is 156 Å². The number of nitrogens with zero attached hydrogens (tertiary/aromatic N) is 1. The number of carbonyl (C=O) groups excluding carboxylic acids is 4. The number of nitrogens with one attached hydrogen (secondary N) is 3. The Balaban J connectivity index is 1.36. The summed E-state index contributed by atoms with van der Waals surface area (Å²) < 4.78 is 10.4. The first-order valence-electron chi connectivity index (χ1n) is 15.7. The molecule has 0 saturated heterocycles. The maximum absolute atomic E-state index is 13.7. The van der Waals surface area contributed by atoms with Crippen molar-refractivity contribution in [3.8, 4) is 11.5 Å². The Hall–Kier alpha value is -5.92. The summed E-state index contributed by atoms with van der Waals surface area (Å²) in [5.74, 6) is -1.56. The molecule has 0 radical (unpaired) electrons. The first kappa shape index (κ1) is 36.4. The smallest absolute Gasteiger partial charge is 0.311 e. The average Bonchev–Trinajstić information content (AvgIpc) is 3.57. The molecule has 0 aliphatic heterocycles. The first-order valence-corrected chi connectivity index (χ1v) is 17.5. The van der Waals surface area contributed by atoms with Gasteiger partial charge in [0, 0.05) is 33.2 Å². The van der Waals surface area contributed by atoms with Crippen LogP contribution in [0.1, 0.15) is 39.4 Å². The number of phenols is 1. The number of phenolic OH excluding ortho intramolecular Hbond substituents is 1. The molecule has 4 N–H and O–H groups in total. The maximum atomic E-state index is 13.7. The molecule has 1 aromatic heterocycles. The molecule has 0 saturated carbocycles. The molecule has 3 amide bonds. The van der Waals surface area contributed by atoms with Crippen molar-refractivity contribution in [3.63, 3.8) is 0 Å². The molecular formula is C38H34N4O7S2. The number of hydrogen-bond donors (Lipinski definition) is 4. The van der Waals surface area contributed by atoms with Gasteiger partial charge in [-0.05, 0) is 61.0 Å². The summed E-state index contributed by atoms with van der Waals surface area (Å²) in [6.07, 6.45) is 1.46. The number of carbonyl (C=O) groups is 4. The van der Waals surface area contributed by atoms with Crippen molar-refractivity contribution in [1.82, 2.24) is 10.3 Å². The SMILES string of the molecule is CCOC(=O)Cc1csc(NC(=O)C(Sc2cccc(NC(=O)/C(=C\c3ccc(O)cc3OC)NC(=O)c3ccccc3)c2)c2ccccc2)n1. The van der Waals surface area contributed by atoms with E-state index in [-0.39, 0.29) is 30.4 Å². The van der Waals surface area contributed by atoms with Crippen LogP contribution in [0, 0.1) is 0 Å². The second-order valence-corrected chi connectivity index (χ2v) is 12.8. The minimum absolute atomic E-state index is 0.00487. The first-order chi connectivity index (χ1) is 24.7. The number of benzene rings is 4. The lowest BCUT2D eigenvalue weighted by atomic mass is 10.1. The molecule has 0 bridgehead atoms. The van der Waals surface area contributed by atoms with Gasteiger partial charge >= 0.3 is 5.97 Å². The van der Waals surface area contributed by atoms with Crippen LogP contribution in [0.25, 0.3) is 6.08 Å². The van der Waals surface area contributed by atoms with E-state index in [2.05, 4.69) is 20.9 Å². The van der Waals surface area contributed by atoms with Gasteiger partial charge < -0.3 is 30.5 Å². The summed E-state index contributed by atoms with van der Waals surface area (Å²) in [7, 11) is 1.43. The van der Waals surface area contributed by atoms with E-state index in [4.69, 9.17) is 9.47 Å². The zero-order valence-corrected chi connectivity index (χ0v) is 29.3. The van der Waals surface area contributed by atoms with Crippen molar-refractivity contribution in [2.75, 3.05) is 24.4 Å². The van der Waals surface area contributed by atoms with Crippen molar-refractivity contribution in [2.45, 2.75) is 23.5 Å². The fourth-order valence-corrected chi connectivity index (χ4v) is 6.57. The Labute approximate surface area is 302 Å². The fourth-order valence-electron chi connectivity index (χ4n) is 4.78. The lowest BCUT2D eigenvalue weighted by Crippen LogP contribution is -2.30.